The van der Waals surface area contributed by atoms with E-state index in [9.17, 15) is 0 Å². The number of nitrogens with two attached hydrogens (primary N) is 1. The van der Waals surface area contributed by atoms with Gasteiger partial charge in [0.1, 0.15) is 11.5 Å². The van der Waals surface area contributed by atoms with E-state index in [2.05, 4.69) is 29.6 Å². The van der Waals surface area contributed by atoms with Crippen LogP contribution in [-0.2, 0) is 0 Å². The molecule has 4 nitrogen and oxygen atoms in total. The quantitative estimate of drug-likeness (QED) is 0.433. The van der Waals surface area contributed by atoms with Crippen LogP contribution >= 0.6 is 12.2 Å². The van der Waals surface area contributed by atoms with Gasteiger partial charge in [-0.05, 0) is 59.7 Å². The fraction of sp³-hybridized carbons (Fsp3) is 0.136. The van der Waals surface area contributed by atoms with E-state index in [1.165, 1.54) is 11.1 Å². The molecule has 0 radical (unpaired) electrons. The van der Waals surface area contributed by atoms with Crippen molar-refractivity contribution in [2.24, 2.45) is 5.73 Å². The van der Waals surface area contributed by atoms with E-state index in [1.807, 2.05) is 54.6 Å². The summed E-state index contributed by atoms with van der Waals surface area (Å²) in [6.45, 7) is 1.19. The monoisotopic (exact) mass is 378 g/mol. The second kappa shape index (κ2) is 9.59. The first-order valence-electron chi connectivity index (χ1n) is 8.78. The number of nitrogens with one attached hydrogen (secondary N) is 1. The Labute approximate surface area is 164 Å². The molecule has 138 valence electrons. The highest BCUT2D eigenvalue weighted by Crippen LogP contribution is 2.22. The van der Waals surface area contributed by atoms with Gasteiger partial charge in [-0.2, -0.15) is 0 Å². The van der Waals surface area contributed by atoms with Crippen LogP contribution in [-0.4, -0.2) is 18.3 Å². The standard InChI is InChI=1S/C22H22N2O2S/c23-22(27)24-19-9-13-21(14-10-19)26-16-4-15-25-20-11-7-18(8-12-20)17-5-2-1-3-6-17/h1-3,5-14H,4,15-16H2,(H3,23,24,27). The molecule has 3 aromatic rings. The third kappa shape index (κ3) is 6.01. The van der Waals surface area contributed by atoms with Crippen LogP contribution < -0.4 is 20.5 Å². The third-order valence-corrected chi connectivity index (χ3v) is 4.01. The number of anilines is 1. The van der Waals surface area contributed by atoms with E-state index in [0.717, 1.165) is 23.6 Å². The lowest BCUT2D eigenvalue weighted by atomic mass is 10.1. The van der Waals surface area contributed by atoms with Crippen LogP contribution in [0.15, 0.2) is 78.9 Å². The normalized spacial score (nSPS) is 10.2. The predicted molar refractivity (Wildman–Crippen MR) is 114 cm³/mol. The van der Waals surface area contributed by atoms with Gasteiger partial charge in [-0.3, -0.25) is 0 Å². The van der Waals surface area contributed by atoms with Crippen molar-refractivity contribution in [3.8, 4) is 22.6 Å². The molecule has 0 aliphatic carbocycles. The first-order valence-corrected chi connectivity index (χ1v) is 9.19. The van der Waals surface area contributed by atoms with Gasteiger partial charge in [0, 0.05) is 12.1 Å². The van der Waals surface area contributed by atoms with E-state index in [1.54, 1.807) is 0 Å². The highest BCUT2D eigenvalue weighted by Gasteiger charge is 1.99. The SMILES string of the molecule is NC(=S)Nc1ccc(OCCCOc2ccc(-c3ccccc3)cc2)cc1. The summed E-state index contributed by atoms with van der Waals surface area (Å²) in [6, 6.07) is 25.9. The Morgan fingerprint density at radius 3 is 1.81 bits per heavy atom. The summed E-state index contributed by atoms with van der Waals surface area (Å²) in [4.78, 5) is 0. The fourth-order valence-corrected chi connectivity index (χ4v) is 2.71. The molecule has 0 fully saturated rings. The Bertz CT molecular complexity index is 850. The van der Waals surface area contributed by atoms with E-state index < -0.39 is 0 Å². The van der Waals surface area contributed by atoms with Crippen LogP contribution in [0.4, 0.5) is 5.69 Å². The summed E-state index contributed by atoms with van der Waals surface area (Å²) in [6.07, 6.45) is 0.799. The zero-order valence-corrected chi connectivity index (χ0v) is 15.7. The molecule has 5 heteroatoms. The van der Waals surface area contributed by atoms with Gasteiger partial charge < -0.3 is 20.5 Å². The molecule has 0 heterocycles. The van der Waals surface area contributed by atoms with Crippen LogP contribution in [0.2, 0.25) is 0 Å². The maximum Gasteiger partial charge on any atom is 0.168 e. The van der Waals surface area contributed by atoms with Crippen LogP contribution in [0.3, 0.4) is 0 Å². The van der Waals surface area contributed by atoms with Crippen molar-refractivity contribution in [3.63, 3.8) is 0 Å². The molecule has 0 aliphatic rings. The average molecular weight is 378 g/mol. The van der Waals surface area contributed by atoms with E-state index >= 15 is 0 Å². The molecule has 0 bridgehead atoms. The van der Waals surface area contributed by atoms with Gasteiger partial charge >= 0.3 is 0 Å². The maximum absolute atomic E-state index is 5.78. The maximum atomic E-state index is 5.78. The zero-order valence-electron chi connectivity index (χ0n) is 14.9. The topological polar surface area (TPSA) is 56.5 Å². The van der Waals surface area contributed by atoms with E-state index in [0.29, 0.717) is 13.2 Å². The van der Waals surface area contributed by atoms with Crippen molar-refractivity contribution >= 4 is 23.0 Å². The molecular weight excluding hydrogens is 356 g/mol. The van der Waals surface area contributed by atoms with Crippen molar-refractivity contribution in [1.29, 1.82) is 0 Å². The summed E-state index contributed by atoms with van der Waals surface area (Å²) in [7, 11) is 0. The molecule has 0 amide bonds. The van der Waals surface area contributed by atoms with Crippen LogP contribution in [0.1, 0.15) is 6.42 Å². The van der Waals surface area contributed by atoms with Gasteiger partial charge in [-0.1, -0.05) is 42.5 Å². The molecule has 0 saturated carbocycles. The van der Waals surface area contributed by atoms with Gasteiger partial charge in [-0.15, -0.1) is 0 Å². The molecule has 27 heavy (non-hydrogen) atoms. The highest BCUT2D eigenvalue weighted by atomic mass is 32.1. The summed E-state index contributed by atoms with van der Waals surface area (Å²) >= 11 is 4.80. The zero-order chi connectivity index (χ0) is 18.9. The fourth-order valence-electron chi connectivity index (χ4n) is 2.59. The molecular formula is C22H22N2O2S. The first-order chi connectivity index (χ1) is 13.2. The van der Waals surface area contributed by atoms with Crippen LogP contribution in [0.25, 0.3) is 11.1 Å². The average Bonchev–Trinajstić information content (AvgIpc) is 2.70. The van der Waals surface area contributed by atoms with Crippen molar-refractivity contribution in [2.45, 2.75) is 6.42 Å². The largest absolute Gasteiger partial charge is 0.493 e. The van der Waals surface area contributed by atoms with Crippen molar-refractivity contribution in [1.82, 2.24) is 0 Å². The third-order valence-electron chi connectivity index (χ3n) is 3.91. The number of benzene rings is 3. The number of rotatable bonds is 8. The smallest absolute Gasteiger partial charge is 0.168 e. The summed E-state index contributed by atoms with van der Waals surface area (Å²) < 4.78 is 11.5. The molecule has 3 rings (SSSR count). The lowest BCUT2D eigenvalue weighted by Crippen LogP contribution is -2.18. The summed E-state index contributed by atoms with van der Waals surface area (Å²) in [5.74, 6) is 1.67. The molecule has 3 aromatic carbocycles. The van der Waals surface area contributed by atoms with Gasteiger partial charge in [0.2, 0.25) is 0 Å². The first kappa shape index (κ1) is 18.7. The second-order valence-electron chi connectivity index (χ2n) is 5.95. The summed E-state index contributed by atoms with van der Waals surface area (Å²) in [5.41, 5.74) is 8.66. The van der Waals surface area contributed by atoms with Gasteiger partial charge in [0.15, 0.2) is 5.11 Å². The molecule has 3 N–H and O–H groups in total. The van der Waals surface area contributed by atoms with E-state index in [4.69, 9.17) is 27.4 Å². The number of thiocarbonyl (C=S) groups is 1. The second-order valence-corrected chi connectivity index (χ2v) is 6.39. The van der Waals surface area contributed by atoms with E-state index in [-0.39, 0.29) is 5.11 Å². The van der Waals surface area contributed by atoms with Crippen LogP contribution in [0.5, 0.6) is 11.5 Å². The number of hydrogen-bond donors (Lipinski definition) is 2. The van der Waals surface area contributed by atoms with Crippen LogP contribution in [0, 0.1) is 0 Å². The van der Waals surface area contributed by atoms with Crippen molar-refractivity contribution in [3.05, 3.63) is 78.9 Å². The predicted octanol–water partition coefficient (Wildman–Crippen LogP) is 4.86. The Hall–Kier alpha value is -3.05. The lowest BCUT2D eigenvalue weighted by Gasteiger charge is -2.10. The van der Waals surface area contributed by atoms with Gasteiger partial charge in [0.05, 0.1) is 13.2 Å². The van der Waals surface area contributed by atoms with Gasteiger partial charge in [-0.25, -0.2) is 0 Å². The summed E-state index contributed by atoms with van der Waals surface area (Å²) in [5, 5.41) is 3.12. The van der Waals surface area contributed by atoms with Crippen molar-refractivity contribution < 1.29 is 9.47 Å². The minimum Gasteiger partial charge on any atom is -0.493 e. The van der Waals surface area contributed by atoms with Crippen molar-refractivity contribution in [2.75, 3.05) is 18.5 Å². The highest BCUT2D eigenvalue weighted by molar-refractivity contribution is 7.80. The Morgan fingerprint density at radius 1 is 0.741 bits per heavy atom. The molecule has 0 aromatic heterocycles. The lowest BCUT2D eigenvalue weighted by molar-refractivity contribution is 0.247. The molecule has 0 saturated heterocycles. The Morgan fingerprint density at radius 2 is 1.26 bits per heavy atom. The number of hydrogen-bond acceptors (Lipinski definition) is 3. The molecule has 0 unspecified atom stereocenters. The van der Waals surface area contributed by atoms with Gasteiger partial charge in [0.25, 0.3) is 0 Å². The molecule has 0 spiro atoms. The Kier molecular flexibility index (Phi) is 6.66. The molecule has 0 aliphatic heterocycles. The number of ether oxygens (including phenoxy) is 2. The molecule has 0 atom stereocenters. The minimum absolute atomic E-state index is 0.248. The minimum atomic E-state index is 0.248. The Balaban J connectivity index is 1.38.